The molecule has 0 amide bonds. The molecule has 2 rings (SSSR count). The van der Waals surface area contributed by atoms with Crippen molar-refractivity contribution in [2.75, 3.05) is 6.61 Å². The van der Waals surface area contributed by atoms with Gasteiger partial charge in [-0.2, -0.15) is 0 Å². The maximum absolute atomic E-state index is 9.59. The molecule has 2 unspecified atom stereocenters. The SMILES string of the molecule is CC(C)C(CO)Cc1ccccc1.CC(C)CC1=CCC(C)(O)C=C1. The van der Waals surface area contributed by atoms with Crippen molar-refractivity contribution in [3.63, 3.8) is 0 Å². The van der Waals surface area contributed by atoms with Crippen molar-refractivity contribution in [1.29, 1.82) is 0 Å². The van der Waals surface area contributed by atoms with Gasteiger partial charge in [-0.15, -0.1) is 0 Å². The van der Waals surface area contributed by atoms with Crippen LogP contribution >= 0.6 is 0 Å². The summed E-state index contributed by atoms with van der Waals surface area (Å²) < 4.78 is 0. The molecule has 140 valence electrons. The molecule has 0 spiro atoms. The molecule has 2 nitrogen and oxygen atoms in total. The quantitative estimate of drug-likeness (QED) is 0.748. The molecule has 1 aliphatic carbocycles. The number of hydrogen-bond donors (Lipinski definition) is 2. The summed E-state index contributed by atoms with van der Waals surface area (Å²) in [5.41, 5.74) is 2.06. The summed E-state index contributed by atoms with van der Waals surface area (Å²) in [7, 11) is 0. The van der Waals surface area contributed by atoms with Crippen LogP contribution in [0, 0.1) is 17.8 Å². The maximum Gasteiger partial charge on any atom is 0.0837 e. The lowest BCUT2D eigenvalue weighted by atomic mass is 9.90. The van der Waals surface area contributed by atoms with Gasteiger partial charge in [0.25, 0.3) is 0 Å². The zero-order chi connectivity index (χ0) is 18.9. The molecular weight excluding hydrogens is 308 g/mol. The highest BCUT2D eigenvalue weighted by atomic mass is 16.3. The summed E-state index contributed by atoms with van der Waals surface area (Å²) in [6.45, 7) is 10.9. The fourth-order valence-electron chi connectivity index (χ4n) is 2.81. The highest BCUT2D eigenvalue weighted by Crippen LogP contribution is 2.23. The van der Waals surface area contributed by atoms with E-state index in [0.717, 1.165) is 19.3 Å². The standard InChI is InChI=1S/C12H18O.C11H18O/c1-10(2)12(9-13)8-11-6-4-3-5-7-11;1-9(2)8-10-4-6-11(3,12)7-5-10/h3-7,10,12-13H,8-9H2,1-2H3;4-6,9,12H,7-8H2,1-3H3. The van der Waals surface area contributed by atoms with Gasteiger partial charge in [0.2, 0.25) is 0 Å². The minimum atomic E-state index is -0.611. The minimum absolute atomic E-state index is 0.284. The van der Waals surface area contributed by atoms with Gasteiger partial charge in [0.1, 0.15) is 0 Å². The topological polar surface area (TPSA) is 40.5 Å². The lowest BCUT2D eigenvalue weighted by Crippen LogP contribution is -2.21. The van der Waals surface area contributed by atoms with Crippen LogP contribution in [0.15, 0.2) is 54.1 Å². The first-order valence-electron chi connectivity index (χ1n) is 9.49. The number of allylic oxidation sites excluding steroid dienone is 2. The van der Waals surface area contributed by atoms with E-state index in [2.05, 4.69) is 45.9 Å². The van der Waals surface area contributed by atoms with E-state index in [9.17, 15) is 5.11 Å². The number of rotatable bonds is 6. The van der Waals surface area contributed by atoms with Gasteiger partial charge in [0.05, 0.1) is 5.60 Å². The molecule has 0 saturated carbocycles. The Morgan fingerprint density at radius 2 is 1.68 bits per heavy atom. The van der Waals surface area contributed by atoms with E-state index in [1.165, 1.54) is 11.1 Å². The van der Waals surface area contributed by atoms with Crippen LogP contribution in [0.4, 0.5) is 0 Å². The first-order chi connectivity index (χ1) is 11.7. The number of aliphatic hydroxyl groups is 2. The molecule has 2 heteroatoms. The molecule has 0 bridgehead atoms. The van der Waals surface area contributed by atoms with Crippen molar-refractivity contribution in [3.05, 3.63) is 59.7 Å². The largest absolute Gasteiger partial charge is 0.396 e. The van der Waals surface area contributed by atoms with Gasteiger partial charge in [0.15, 0.2) is 0 Å². The van der Waals surface area contributed by atoms with E-state index >= 15 is 0 Å². The molecule has 2 atom stereocenters. The molecule has 0 saturated heterocycles. The van der Waals surface area contributed by atoms with Crippen LogP contribution in [0.5, 0.6) is 0 Å². The Morgan fingerprint density at radius 3 is 2.12 bits per heavy atom. The summed E-state index contributed by atoms with van der Waals surface area (Å²) >= 11 is 0. The first kappa shape index (κ1) is 21.7. The second kappa shape index (κ2) is 10.6. The third-order valence-electron chi connectivity index (χ3n) is 4.60. The number of benzene rings is 1. The highest BCUT2D eigenvalue weighted by Gasteiger charge is 2.18. The Bertz CT molecular complexity index is 538. The van der Waals surface area contributed by atoms with E-state index < -0.39 is 5.60 Å². The fourth-order valence-corrected chi connectivity index (χ4v) is 2.81. The number of hydrogen-bond acceptors (Lipinski definition) is 2. The van der Waals surface area contributed by atoms with Crippen LogP contribution in [0.2, 0.25) is 0 Å². The van der Waals surface area contributed by atoms with E-state index in [4.69, 9.17) is 5.11 Å². The maximum atomic E-state index is 9.59. The second-order valence-corrected chi connectivity index (χ2v) is 8.15. The number of aliphatic hydroxyl groups excluding tert-OH is 1. The summed E-state index contributed by atoms with van der Waals surface area (Å²) in [5.74, 6) is 1.64. The van der Waals surface area contributed by atoms with Gasteiger partial charge in [0, 0.05) is 6.61 Å². The van der Waals surface area contributed by atoms with E-state index in [1.807, 2.05) is 37.3 Å². The summed E-state index contributed by atoms with van der Waals surface area (Å²) in [6.07, 6.45) is 8.93. The van der Waals surface area contributed by atoms with E-state index in [0.29, 0.717) is 17.8 Å². The molecule has 0 fully saturated rings. The zero-order valence-electron chi connectivity index (χ0n) is 16.6. The summed E-state index contributed by atoms with van der Waals surface area (Å²) in [6, 6.07) is 10.3. The van der Waals surface area contributed by atoms with Crippen LogP contribution in [0.1, 0.15) is 53.0 Å². The molecule has 0 aliphatic heterocycles. The van der Waals surface area contributed by atoms with Crippen molar-refractivity contribution < 1.29 is 10.2 Å². The molecule has 0 radical (unpaired) electrons. The Kier molecular flexibility index (Phi) is 9.16. The van der Waals surface area contributed by atoms with Gasteiger partial charge < -0.3 is 10.2 Å². The van der Waals surface area contributed by atoms with Crippen LogP contribution in [-0.2, 0) is 6.42 Å². The average molecular weight is 345 g/mol. The summed E-state index contributed by atoms with van der Waals surface area (Å²) in [5, 5.41) is 18.8. The smallest absolute Gasteiger partial charge is 0.0837 e. The predicted molar refractivity (Wildman–Crippen MR) is 107 cm³/mol. The van der Waals surface area contributed by atoms with Crippen LogP contribution < -0.4 is 0 Å². The van der Waals surface area contributed by atoms with Crippen LogP contribution in [0.25, 0.3) is 0 Å². The van der Waals surface area contributed by atoms with Crippen molar-refractivity contribution in [1.82, 2.24) is 0 Å². The molecule has 1 aliphatic rings. The average Bonchev–Trinajstić information content (AvgIpc) is 2.55. The molecule has 0 aromatic heterocycles. The van der Waals surface area contributed by atoms with E-state index in [1.54, 1.807) is 0 Å². The minimum Gasteiger partial charge on any atom is -0.396 e. The monoisotopic (exact) mass is 344 g/mol. The van der Waals surface area contributed by atoms with Gasteiger partial charge in [-0.3, -0.25) is 0 Å². The van der Waals surface area contributed by atoms with Crippen molar-refractivity contribution >= 4 is 0 Å². The van der Waals surface area contributed by atoms with E-state index in [-0.39, 0.29) is 6.61 Å². The van der Waals surface area contributed by atoms with Gasteiger partial charge >= 0.3 is 0 Å². The Morgan fingerprint density at radius 1 is 1.04 bits per heavy atom. The lowest BCUT2D eigenvalue weighted by Gasteiger charge is -2.21. The normalized spacial score (nSPS) is 20.9. The van der Waals surface area contributed by atoms with Crippen molar-refractivity contribution in [2.45, 2.75) is 59.5 Å². The van der Waals surface area contributed by atoms with Gasteiger partial charge in [-0.1, -0.05) is 81.8 Å². The fraction of sp³-hybridized carbons (Fsp3) is 0.565. The van der Waals surface area contributed by atoms with Gasteiger partial charge in [-0.05, 0) is 49.5 Å². The van der Waals surface area contributed by atoms with Crippen molar-refractivity contribution in [3.8, 4) is 0 Å². The van der Waals surface area contributed by atoms with Gasteiger partial charge in [-0.25, -0.2) is 0 Å². The first-order valence-corrected chi connectivity index (χ1v) is 9.49. The molecular formula is C23H36O2. The molecule has 1 aromatic carbocycles. The van der Waals surface area contributed by atoms with Crippen LogP contribution in [-0.4, -0.2) is 22.4 Å². The Balaban J connectivity index is 0.000000251. The van der Waals surface area contributed by atoms with Crippen LogP contribution in [0.3, 0.4) is 0 Å². The molecule has 1 aromatic rings. The summed E-state index contributed by atoms with van der Waals surface area (Å²) in [4.78, 5) is 0. The second-order valence-electron chi connectivity index (χ2n) is 8.15. The molecule has 0 heterocycles. The highest BCUT2D eigenvalue weighted by molar-refractivity contribution is 5.27. The lowest BCUT2D eigenvalue weighted by molar-refractivity contribution is 0.113. The third-order valence-corrected chi connectivity index (χ3v) is 4.60. The Labute approximate surface area is 154 Å². The Hall–Kier alpha value is -1.38. The molecule has 2 N–H and O–H groups in total. The predicted octanol–water partition coefficient (Wildman–Crippen LogP) is 5.16. The third kappa shape index (κ3) is 9.04. The zero-order valence-corrected chi connectivity index (χ0v) is 16.6. The molecule has 25 heavy (non-hydrogen) atoms. The van der Waals surface area contributed by atoms with Crippen molar-refractivity contribution in [2.24, 2.45) is 17.8 Å².